The minimum Gasteiger partial charge on any atom is -0.362 e. The summed E-state index contributed by atoms with van der Waals surface area (Å²) < 4.78 is 0. The number of H-pyrrole nitrogens is 1. The van der Waals surface area contributed by atoms with Gasteiger partial charge in [0.1, 0.15) is 11.6 Å². The van der Waals surface area contributed by atoms with E-state index in [1.807, 2.05) is 28.5 Å². The first-order valence-electron chi connectivity index (χ1n) is 8.74. The number of hydrogen-bond acceptors (Lipinski definition) is 6. The standard InChI is InChI=1S/C18H20N6OS/c25-18(24-9-2-1-3-10-24)13-6-4-8-19-16(13)20-12-15-21-17(23-22-15)14-7-5-11-26-14/h4-8,11H,1-3,9-10,12H2,(H,19,20)(H,21,22,23). The Bertz CT molecular complexity index is 869. The van der Waals surface area contributed by atoms with Crippen molar-refractivity contribution in [1.82, 2.24) is 25.1 Å². The van der Waals surface area contributed by atoms with Crippen LogP contribution >= 0.6 is 11.3 Å². The summed E-state index contributed by atoms with van der Waals surface area (Å²) in [6.45, 7) is 2.06. The lowest BCUT2D eigenvalue weighted by Crippen LogP contribution is -2.36. The molecule has 0 aromatic carbocycles. The highest BCUT2D eigenvalue weighted by Gasteiger charge is 2.21. The van der Waals surface area contributed by atoms with Crippen molar-refractivity contribution >= 4 is 23.1 Å². The topological polar surface area (TPSA) is 86.8 Å². The summed E-state index contributed by atoms with van der Waals surface area (Å²) in [5.74, 6) is 2.01. The summed E-state index contributed by atoms with van der Waals surface area (Å²) in [7, 11) is 0. The van der Waals surface area contributed by atoms with Crippen molar-refractivity contribution in [2.75, 3.05) is 18.4 Å². The molecule has 0 bridgehead atoms. The normalized spacial score (nSPS) is 14.4. The molecule has 0 unspecified atom stereocenters. The molecule has 134 valence electrons. The lowest BCUT2D eigenvalue weighted by molar-refractivity contribution is 0.0725. The van der Waals surface area contributed by atoms with E-state index in [-0.39, 0.29) is 5.91 Å². The molecule has 1 amide bonds. The van der Waals surface area contributed by atoms with E-state index in [9.17, 15) is 4.79 Å². The molecule has 3 aromatic rings. The second kappa shape index (κ2) is 7.65. The van der Waals surface area contributed by atoms with Crippen molar-refractivity contribution in [2.24, 2.45) is 0 Å². The van der Waals surface area contributed by atoms with Crippen LogP contribution in [0.15, 0.2) is 35.8 Å². The van der Waals surface area contributed by atoms with Gasteiger partial charge in [0.25, 0.3) is 5.91 Å². The highest BCUT2D eigenvalue weighted by Crippen LogP contribution is 2.21. The van der Waals surface area contributed by atoms with Crippen LogP contribution in [-0.4, -0.2) is 44.1 Å². The van der Waals surface area contributed by atoms with E-state index < -0.39 is 0 Å². The molecular weight excluding hydrogens is 348 g/mol. The quantitative estimate of drug-likeness (QED) is 0.722. The molecule has 1 aliphatic rings. The lowest BCUT2D eigenvalue weighted by atomic mass is 10.1. The second-order valence-corrected chi connectivity index (χ2v) is 7.14. The highest BCUT2D eigenvalue weighted by atomic mass is 32.1. The van der Waals surface area contributed by atoms with Gasteiger partial charge in [-0.1, -0.05) is 6.07 Å². The number of nitrogens with zero attached hydrogens (tertiary/aromatic N) is 4. The summed E-state index contributed by atoms with van der Waals surface area (Å²) in [5, 5.41) is 12.4. The van der Waals surface area contributed by atoms with E-state index in [1.54, 1.807) is 23.6 Å². The number of amides is 1. The number of pyridine rings is 1. The third-order valence-electron chi connectivity index (χ3n) is 4.38. The Morgan fingerprint density at radius 3 is 2.92 bits per heavy atom. The van der Waals surface area contributed by atoms with Crippen LogP contribution in [0.3, 0.4) is 0 Å². The van der Waals surface area contributed by atoms with Crippen LogP contribution in [0, 0.1) is 0 Å². The number of piperidine rings is 1. The van der Waals surface area contributed by atoms with Crippen LogP contribution in [-0.2, 0) is 6.54 Å². The molecule has 4 heterocycles. The van der Waals surface area contributed by atoms with Crippen molar-refractivity contribution in [3.63, 3.8) is 0 Å². The van der Waals surface area contributed by atoms with Gasteiger partial charge < -0.3 is 10.2 Å². The highest BCUT2D eigenvalue weighted by molar-refractivity contribution is 7.13. The van der Waals surface area contributed by atoms with Crippen molar-refractivity contribution in [2.45, 2.75) is 25.8 Å². The number of thiophene rings is 1. The maximum Gasteiger partial charge on any atom is 0.257 e. The number of aromatic amines is 1. The molecule has 1 aliphatic heterocycles. The third-order valence-corrected chi connectivity index (χ3v) is 5.24. The summed E-state index contributed by atoms with van der Waals surface area (Å²) in [6, 6.07) is 7.58. The van der Waals surface area contributed by atoms with E-state index in [2.05, 4.69) is 25.5 Å². The van der Waals surface area contributed by atoms with Crippen LogP contribution < -0.4 is 5.32 Å². The van der Waals surface area contributed by atoms with E-state index >= 15 is 0 Å². The number of rotatable bonds is 5. The van der Waals surface area contributed by atoms with Crippen LogP contribution in [0.25, 0.3) is 10.7 Å². The maximum atomic E-state index is 12.8. The summed E-state index contributed by atoms with van der Waals surface area (Å²) in [6.07, 6.45) is 5.02. The summed E-state index contributed by atoms with van der Waals surface area (Å²) >= 11 is 1.60. The fourth-order valence-corrected chi connectivity index (χ4v) is 3.70. The van der Waals surface area contributed by atoms with Crippen LogP contribution in [0.1, 0.15) is 35.4 Å². The van der Waals surface area contributed by atoms with Gasteiger partial charge >= 0.3 is 0 Å². The Kier molecular flexibility index (Phi) is 4.92. The number of nitrogens with one attached hydrogen (secondary N) is 2. The zero-order valence-electron chi connectivity index (χ0n) is 14.3. The van der Waals surface area contributed by atoms with Gasteiger partial charge in [0.2, 0.25) is 0 Å². The van der Waals surface area contributed by atoms with Crippen molar-refractivity contribution in [3.05, 3.63) is 47.2 Å². The van der Waals surface area contributed by atoms with Crippen molar-refractivity contribution in [1.29, 1.82) is 0 Å². The fourth-order valence-electron chi connectivity index (χ4n) is 3.04. The molecule has 1 fully saturated rings. The van der Waals surface area contributed by atoms with E-state index in [0.717, 1.165) is 30.8 Å². The molecule has 7 nitrogen and oxygen atoms in total. The van der Waals surface area contributed by atoms with Gasteiger partial charge in [-0.15, -0.1) is 11.3 Å². The largest absolute Gasteiger partial charge is 0.362 e. The van der Waals surface area contributed by atoms with E-state index in [1.165, 1.54) is 6.42 Å². The number of hydrogen-bond donors (Lipinski definition) is 2. The molecule has 1 saturated heterocycles. The van der Waals surface area contributed by atoms with E-state index in [4.69, 9.17) is 0 Å². The zero-order chi connectivity index (χ0) is 17.8. The maximum absolute atomic E-state index is 12.8. The van der Waals surface area contributed by atoms with Gasteiger partial charge in [-0.25, -0.2) is 9.97 Å². The van der Waals surface area contributed by atoms with Gasteiger partial charge in [-0.05, 0) is 42.8 Å². The molecule has 2 N–H and O–H groups in total. The zero-order valence-corrected chi connectivity index (χ0v) is 15.1. The van der Waals surface area contributed by atoms with Crippen molar-refractivity contribution < 1.29 is 4.79 Å². The Labute approximate surface area is 155 Å². The molecule has 0 atom stereocenters. The molecule has 8 heteroatoms. The van der Waals surface area contributed by atoms with Crippen LogP contribution in [0.2, 0.25) is 0 Å². The second-order valence-electron chi connectivity index (χ2n) is 6.19. The smallest absolute Gasteiger partial charge is 0.257 e. The number of anilines is 1. The van der Waals surface area contributed by atoms with Gasteiger partial charge in [-0.2, -0.15) is 5.10 Å². The predicted octanol–water partition coefficient (Wildman–Crippen LogP) is 3.17. The molecule has 4 rings (SSSR count). The SMILES string of the molecule is O=C(c1cccnc1NCc1nc(-c2cccs2)n[nH]1)N1CCCCC1. The first-order valence-corrected chi connectivity index (χ1v) is 9.62. The molecule has 26 heavy (non-hydrogen) atoms. The summed E-state index contributed by atoms with van der Waals surface area (Å²) in [5.41, 5.74) is 0.604. The molecule has 0 radical (unpaired) electrons. The Hall–Kier alpha value is -2.74. The summed E-state index contributed by atoms with van der Waals surface area (Å²) in [4.78, 5) is 24.6. The molecule has 0 aliphatic carbocycles. The van der Waals surface area contributed by atoms with Crippen LogP contribution in [0.4, 0.5) is 5.82 Å². The fraction of sp³-hybridized carbons (Fsp3) is 0.333. The van der Waals surface area contributed by atoms with Gasteiger partial charge in [0.05, 0.1) is 17.0 Å². The minimum atomic E-state index is 0.0390. The Balaban J connectivity index is 1.46. The average molecular weight is 368 g/mol. The Morgan fingerprint density at radius 2 is 2.12 bits per heavy atom. The third kappa shape index (κ3) is 3.60. The van der Waals surface area contributed by atoms with Crippen molar-refractivity contribution in [3.8, 4) is 10.7 Å². The van der Waals surface area contributed by atoms with Gasteiger partial charge in [-0.3, -0.25) is 9.89 Å². The minimum absolute atomic E-state index is 0.0390. The first-order chi connectivity index (χ1) is 12.8. The predicted molar refractivity (Wildman–Crippen MR) is 101 cm³/mol. The lowest BCUT2D eigenvalue weighted by Gasteiger charge is -2.27. The molecule has 0 spiro atoms. The number of aromatic nitrogens is 4. The average Bonchev–Trinajstić information content (AvgIpc) is 3.38. The van der Waals surface area contributed by atoms with Crippen LogP contribution in [0.5, 0.6) is 0 Å². The number of carbonyl (C=O) groups excluding carboxylic acids is 1. The van der Waals surface area contributed by atoms with Gasteiger partial charge in [0, 0.05) is 19.3 Å². The van der Waals surface area contributed by atoms with Gasteiger partial charge in [0.15, 0.2) is 5.82 Å². The number of likely N-dealkylation sites (tertiary alicyclic amines) is 1. The molecule has 0 saturated carbocycles. The molecule has 3 aromatic heterocycles. The molecular formula is C18H20N6OS. The monoisotopic (exact) mass is 368 g/mol. The Morgan fingerprint density at radius 1 is 1.23 bits per heavy atom. The number of carbonyl (C=O) groups is 1. The first kappa shape index (κ1) is 16.7. The van der Waals surface area contributed by atoms with E-state index in [0.29, 0.717) is 29.6 Å².